The van der Waals surface area contributed by atoms with E-state index < -0.39 is 40.8 Å². The van der Waals surface area contributed by atoms with Crippen molar-refractivity contribution < 1.29 is 40.6 Å². The van der Waals surface area contributed by atoms with Gasteiger partial charge in [-0.1, -0.05) is 0 Å². The van der Waals surface area contributed by atoms with Crippen molar-refractivity contribution in [2.45, 2.75) is 50.7 Å². The van der Waals surface area contributed by atoms with E-state index >= 15 is 0 Å². The number of carbonyl (C=O) groups is 1. The Morgan fingerprint density at radius 3 is 2.67 bits per heavy atom. The minimum absolute atomic E-state index is 0.00329. The Morgan fingerprint density at radius 2 is 1.97 bits per heavy atom. The molecule has 1 fully saturated rings. The van der Waals surface area contributed by atoms with E-state index in [1.807, 2.05) is 11.8 Å². The lowest BCUT2D eigenvalue weighted by Crippen LogP contribution is -2.62. The number of ether oxygens (including phenoxy) is 2. The van der Waals surface area contributed by atoms with Crippen LogP contribution in [-0.2, 0) is 21.9 Å². The van der Waals surface area contributed by atoms with Crippen molar-refractivity contribution in [1.29, 1.82) is 0 Å². The van der Waals surface area contributed by atoms with Gasteiger partial charge < -0.3 is 24.6 Å². The number of halogens is 6. The normalized spacial score (nSPS) is 20.1. The number of H-pyrrole nitrogens is 1. The van der Waals surface area contributed by atoms with Crippen LogP contribution in [0.15, 0.2) is 23.3 Å². The van der Waals surface area contributed by atoms with E-state index in [1.54, 1.807) is 16.9 Å². The highest BCUT2D eigenvalue weighted by Gasteiger charge is 2.41. The van der Waals surface area contributed by atoms with E-state index in [0.29, 0.717) is 12.4 Å². The molecule has 3 atom stereocenters. The molecule has 2 N–H and O–H groups in total. The second kappa shape index (κ2) is 10.9. The lowest BCUT2D eigenvalue weighted by atomic mass is 10.1. The number of nitrogens with one attached hydrogen (secondary N) is 2. The molecule has 214 valence electrons. The first kappa shape index (κ1) is 28.4. The molecule has 4 heterocycles. The number of rotatable bonds is 7. The van der Waals surface area contributed by atoms with Gasteiger partial charge in [0, 0.05) is 31.4 Å². The zero-order chi connectivity index (χ0) is 28.5. The number of piperazine rings is 1. The van der Waals surface area contributed by atoms with Gasteiger partial charge in [0.05, 0.1) is 43.1 Å². The summed E-state index contributed by atoms with van der Waals surface area (Å²) in [5.41, 5.74) is -4.14. The average molecular weight is 564 g/mol. The number of carbonyl (C=O) groups excluding carboxylic acids is 1. The van der Waals surface area contributed by atoms with Gasteiger partial charge in [-0.2, -0.15) is 31.4 Å². The number of fused-ring (bicyclic) bond motifs is 3. The summed E-state index contributed by atoms with van der Waals surface area (Å²) in [6.07, 6.45) is -7.78. The van der Waals surface area contributed by atoms with E-state index in [0.717, 1.165) is 18.5 Å². The minimum atomic E-state index is -4.87. The Bertz CT molecular complexity index is 1250. The largest absolute Gasteiger partial charge is 0.487 e. The quantitative estimate of drug-likeness (QED) is 0.390. The number of hydrogen-bond acceptors (Lipinski definition) is 8. The van der Waals surface area contributed by atoms with Crippen LogP contribution in [-0.4, -0.2) is 77.0 Å². The molecular formula is C23H26F6N6O4. The zero-order valence-corrected chi connectivity index (χ0v) is 20.9. The predicted octanol–water partition coefficient (Wildman–Crippen LogP) is 2.91. The number of pyridine rings is 1. The van der Waals surface area contributed by atoms with Crippen molar-refractivity contribution in [2.24, 2.45) is 0 Å². The molecule has 0 spiro atoms. The molecular weight excluding hydrogens is 538 g/mol. The molecule has 0 saturated carbocycles. The molecule has 1 saturated heterocycles. The van der Waals surface area contributed by atoms with Crippen LogP contribution in [0.1, 0.15) is 31.4 Å². The third-order valence-corrected chi connectivity index (χ3v) is 6.39. The molecule has 0 aromatic carbocycles. The van der Waals surface area contributed by atoms with Gasteiger partial charge in [0.25, 0.3) is 5.56 Å². The van der Waals surface area contributed by atoms with Gasteiger partial charge in [0.1, 0.15) is 12.2 Å². The summed E-state index contributed by atoms with van der Waals surface area (Å²) in [5.74, 6) is 0.127. The standard InChI is InChI=1S/C23H26F6N6O4/c1-12(32-16-7-31-33-21(37)19(16)23(27,28)29)10-38-4-3-18(36)34-9-15-11-39-17-5-14(22(24,25)26)6-30-20(17)35(15)8-13(34)2/h5-7,12-13,15H,3-4,8-11H2,1-2H3,(H2,32,33,37)/t12-,13-,15+/m0/s1. The number of anilines is 2. The van der Waals surface area contributed by atoms with Crippen molar-refractivity contribution in [3.05, 3.63) is 39.9 Å². The average Bonchev–Trinajstić information content (AvgIpc) is 2.84. The maximum absolute atomic E-state index is 13.2. The number of hydrogen-bond donors (Lipinski definition) is 2. The highest BCUT2D eigenvalue weighted by Crippen LogP contribution is 2.39. The second-order valence-electron chi connectivity index (χ2n) is 9.41. The highest BCUT2D eigenvalue weighted by molar-refractivity contribution is 5.77. The Balaban J connectivity index is 1.28. The van der Waals surface area contributed by atoms with Crippen molar-refractivity contribution in [3.8, 4) is 5.75 Å². The summed E-state index contributed by atoms with van der Waals surface area (Å²) in [6.45, 7) is 4.03. The van der Waals surface area contributed by atoms with Gasteiger partial charge in [-0.15, -0.1) is 0 Å². The van der Waals surface area contributed by atoms with E-state index in [2.05, 4.69) is 15.4 Å². The third kappa shape index (κ3) is 6.37. The van der Waals surface area contributed by atoms with E-state index in [9.17, 15) is 35.9 Å². The van der Waals surface area contributed by atoms with Gasteiger partial charge >= 0.3 is 12.4 Å². The Hall–Kier alpha value is -3.56. The van der Waals surface area contributed by atoms with Gasteiger partial charge in [0.2, 0.25) is 5.91 Å². The van der Waals surface area contributed by atoms with Crippen LogP contribution in [0.4, 0.5) is 37.8 Å². The van der Waals surface area contributed by atoms with Crippen molar-refractivity contribution in [1.82, 2.24) is 20.1 Å². The van der Waals surface area contributed by atoms with Crippen LogP contribution in [0, 0.1) is 0 Å². The maximum atomic E-state index is 13.2. The molecule has 0 aliphatic carbocycles. The summed E-state index contributed by atoms with van der Waals surface area (Å²) in [7, 11) is 0. The predicted molar refractivity (Wildman–Crippen MR) is 125 cm³/mol. The lowest BCUT2D eigenvalue weighted by Gasteiger charge is -2.48. The first-order chi connectivity index (χ1) is 18.3. The third-order valence-electron chi connectivity index (χ3n) is 6.39. The molecule has 2 aromatic rings. The molecule has 10 nitrogen and oxygen atoms in total. The number of alkyl halides is 6. The van der Waals surface area contributed by atoms with Gasteiger partial charge in [-0.25, -0.2) is 10.1 Å². The Morgan fingerprint density at radius 1 is 1.23 bits per heavy atom. The number of aromatic nitrogens is 3. The summed E-state index contributed by atoms with van der Waals surface area (Å²) in [6, 6.07) is -0.270. The van der Waals surface area contributed by atoms with Crippen molar-refractivity contribution in [2.75, 3.05) is 43.1 Å². The SMILES string of the molecule is C[C@@H](COCCC(=O)N1C[C@@H]2COc3cc(C(F)(F)F)cnc3N2C[C@@H]1C)Nc1cn[nH]c(=O)c1C(F)(F)F. The smallest absolute Gasteiger partial charge is 0.423 e. The fourth-order valence-electron chi connectivity index (χ4n) is 4.55. The van der Waals surface area contributed by atoms with Crippen LogP contribution in [0.25, 0.3) is 0 Å². The zero-order valence-electron chi connectivity index (χ0n) is 20.9. The Kier molecular flexibility index (Phi) is 7.95. The summed E-state index contributed by atoms with van der Waals surface area (Å²) in [5, 5.41) is 7.70. The van der Waals surface area contributed by atoms with Crippen LogP contribution in [0.2, 0.25) is 0 Å². The number of aromatic amines is 1. The molecule has 2 aliphatic rings. The minimum Gasteiger partial charge on any atom is -0.487 e. The van der Waals surface area contributed by atoms with Gasteiger partial charge in [-0.3, -0.25) is 9.59 Å². The van der Waals surface area contributed by atoms with E-state index in [-0.39, 0.29) is 56.5 Å². The molecule has 2 aliphatic heterocycles. The van der Waals surface area contributed by atoms with Crippen LogP contribution in [0.3, 0.4) is 0 Å². The van der Waals surface area contributed by atoms with Crippen LogP contribution < -0.4 is 20.5 Å². The number of amides is 1. The summed E-state index contributed by atoms with van der Waals surface area (Å²) in [4.78, 5) is 31.9. The summed E-state index contributed by atoms with van der Waals surface area (Å²) < 4.78 is 89.6. The van der Waals surface area contributed by atoms with Crippen molar-refractivity contribution >= 4 is 17.4 Å². The van der Waals surface area contributed by atoms with Gasteiger partial charge in [-0.05, 0) is 19.9 Å². The topological polar surface area (TPSA) is 113 Å². The molecule has 4 rings (SSSR count). The van der Waals surface area contributed by atoms with Crippen LogP contribution >= 0.6 is 0 Å². The molecule has 0 unspecified atom stereocenters. The van der Waals surface area contributed by atoms with Gasteiger partial charge in [0.15, 0.2) is 11.6 Å². The lowest BCUT2D eigenvalue weighted by molar-refractivity contribution is -0.138. The monoisotopic (exact) mass is 564 g/mol. The fourth-order valence-corrected chi connectivity index (χ4v) is 4.55. The molecule has 0 bridgehead atoms. The second-order valence-corrected chi connectivity index (χ2v) is 9.41. The summed E-state index contributed by atoms with van der Waals surface area (Å²) >= 11 is 0. The molecule has 2 aromatic heterocycles. The Labute approximate surface area is 218 Å². The molecule has 0 radical (unpaired) electrons. The molecule has 16 heteroatoms. The van der Waals surface area contributed by atoms with Crippen LogP contribution in [0.5, 0.6) is 5.75 Å². The highest BCUT2D eigenvalue weighted by atomic mass is 19.4. The first-order valence-corrected chi connectivity index (χ1v) is 12.0. The van der Waals surface area contributed by atoms with E-state index in [4.69, 9.17) is 9.47 Å². The first-order valence-electron chi connectivity index (χ1n) is 12.0. The fraction of sp³-hybridized carbons (Fsp3) is 0.565. The van der Waals surface area contributed by atoms with Crippen molar-refractivity contribution in [3.63, 3.8) is 0 Å². The molecule has 1 amide bonds. The number of nitrogens with zero attached hydrogens (tertiary/aromatic N) is 4. The maximum Gasteiger partial charge on any atom is 0.423 e. The molecule has 39 heavy (non-hydrogen) atoms. The van der Waals surface area contributed by atoms with E-state index in [1.165, 1.54) is 0 Å².